The molecule has 42 heavy (non-hydrogen) atoms. The summed E-state index contributed by atoms with van der Waals surface area (Å²) >= 11 is 5.71. The first-order valence-corrected chi connectivity index (χ1v) is 14.8. The van der Waals surface area contributed by atoms with Crippen molar-refractivity contribution in [1.29, 1.82) is 0 Å². The molecular weight excluding hydrogens is 586 g/mol. The molecule has 4 rings (SSSR count). The summed E-state index contributed by atoms with van der Waals surface area (Å²) in [6, 6.07) is 25.0. The maximum absolute atomic E-state index is 14.4. The summed E-state index contributed by atoms with van der Waals surface area (Å²) in [6.45, 7) is -0.448. The van der Waals surface area contributed by atoms with Crippen molar-refractivity contribution in [3.63, 3.8) is 0 Å². The van der Waals surface area contributed by atoms with Crippen LogP contribution in [0.25, 0.3) is 0 Å². The number of rotatable bonds is 12. The van der Waals surface area contributed by atoms with Gasteiger partial charge in [-0.3, -0.25) is 4.79 Å². The van der Waals surface area contributed by atoms with E-state index in [1.807, 2.05) is 6.07 Å². The summed E-state index contributed by atoms with van der Waals surface area (Å²) in [5.74, 6) is -3.72. The molecule has 0 saturated carbocycles. The van der Waals surface area contributed by atoms with E-state index in [4.69, 9.17) is 16.3 Å². The van der Waals surface area contributed by atoms with Gasteiger partial charge in [0, 0.05) is 18.1 Å². The van der Waals surface area contributed by atoms with Crippen LogP contribution in [-0.4, -0.2) is 39.0 Å². The van der Waals surface area contributed by atoms with Gasteiger partial charge in [-0.05, 0) is 35.7 Å². The third kappa shape index (κ3) is 8.45. The van der Waals surface area contributed by atoms with Gasteiger partial charge in [0.05, 0.1) is 11.1 Å². The highest BCUT2D eigenvalue weighted by Gasteiger charge is 2.28. The van der Waals surface area contributed by atoms with Gasteiger partial charge in [0.15, 0.2) is 0 Å². The molecule has 0 aromatic heterocycles. The van der Waals surface area contributed by atoms with E-state index in [0.717, 1.165) is 5.56 Å². The second-order valence-corrected chi connectivity index (χ2v) is 11.5. The maximum atomic E-state index is 14.4. The molecule has 0 bridgehead atoms. The minimum absolute atomic E-state index is 0.0730. The quantitative estimate of drug-likeness (QED) is 0.171. The highest BCUT2D eigenvalue weighted by Crippen LogP contribution is 2.23. The first-order chi connectivity index (χ1) is 20.1. The summed E-state index contributed by atoms with van der Waals surface area (Å²) in [5, 5.41) is 2.13. The van der Waals surface area contributed by atoms with E-state index in [1.165, 1.54) is 0 Å². The topological polar surface area (TPSA) is 102 Å². The fourth-order valence-electron chi connectivity index (χ4n) is 4.18. The van der Waals surface area contributed by atoms with Gasteiger partial charge in [0.2, 0.25) is 10.0 Å². The second kappa shape index (κ2) is 14.2. The molecule has 4 aromatic carbocycles. The lowest BCUT2D eigenvalue weighted by Crippen LogP contribution is -2.46. The number of sulfonamides is 1. The van der Waals surface area contributed by atoms with Gasteiger partial charge in [0.25, 0.3) is 5.91 Å². The molecular formula is C31H27ClF2N2O5S. The molecule has 11 heteroatoms. The number of carbonyl (C=O) groups is 2. The molecule has 0 aliphatic heterocycles. The Morgan fingerprint density at radius 1 is 0.786 bits per heavy atom. The molecule has 1 amide bonds. The molecule has 0 saturated heterocycles. The zero-order valence-electron chi connectivity index (χ0n) is 22.2. The summed E-state index contributed by atoms with van der Waals surface area (Å²) < 4.78 is 62.2. The van der Waals surface area contributed by atoms with Crippen LogP contribution in [-0.2, 0) is 32.4 Å². The number of hydrogen-bond donors (Lipinski definition) is 2. The second-order valence-electron chi connectivity index (χ2n) is 9.42. The van der Waals surface area contributed by atoms with Crippen LogP contribution >= 0.6 is 11.6 Å². The van der Waals surface area contributed by atoms with Crippen molar-refractivity contribution in [1.82, 2.24) is 10.0 Å². The Hall–Kier alpha value is -4.12. The van der Waals surface area contributed by atoms with Crippen LogP contribution in [0.15, 0.2) is 108 Å². The summed E-state index contributed by atoms with van der Waals surface area (Å²) in [4.78, 5) is 25.3. The molecule has 0 aliphatic carbocycles. The number of amides is 1. The summed E-state index contributed by atoms with van der Waals surface area (Å²) in [7, 11) is -4.56. The van der Waals surface area contributed by atoms with Crippen molar-refractivity contribution in [2.24, 2.45) is 0 Å². The van der Waals surface area contributed by atoms with Crippen LogP contribution in [0.2, 0.25) is 5.02 Å². The highest BCUT2D eigenvalue weighted by molar-refractivity contribution is 7.89. The van der Waals surface area contributed by atoms with Crippen LogP contribution in [0.3, 0.4) is 0 Å². The zero-order valence-corrected chi connectivity index (χ0v) is 23.7. The lowest BCUT2D eigenvalue weighted by molar-refractivity contribution is -0.146. The lowest BCUT2D eigenvalue weighted by Gasteiger charge is -2.22. The molecule has 0 heterocycles. The molecule has 218 valence electrons. The third-order valence-electron chi connectivity index (χ3n) is 6.25. The molecule has 0 radical (unpaired) electrons. The molecule has 4 aromatic rings. The zero-order chi connectivity index (χ0) is 30.1. The normalized spacial score (nSPS) is 12.7. The Morgan fingerprint density at radius 2 is 1.33 bits per heavy atom. The Balaban J connectivity index is 1.55. The molecule has 0 aliphatic rings. The fraction of sp³-hybridized carbons (Fsp3) is 0.161. The average molecular weight is 613 g/mol. The molecule has 0 unspecified atom stereocenters. The molecule has 0 spiro atoms. The third-order valence-corrected chi connectivity index (χ3v) is 8.07. The van der Waals surface area contributed by atoms with Gasteiger partial charge in [0.1, 0.15) is 29.2 Å². The van der Waals surface area contributed by atoms with Crippen LogP contribution < -0.4 is 10.0 Å². The lowest BCUT2D eigenvalue weighted by atomic mass is 10.1. The SMILES string of the molecule is O=C(N[C@@H](Cc1ccccc1)C(=O)OC[C@H](Cc1ccccc1)NS(=O)(=O)c1cc(Cl)c(F)cc1F)c1ccccc1. The fourth-order valence-corrected chi connectivity index (χ4v) is 5.72. The van der Waals surface area contributed by atoms with Gasteiger partial charge in [-0.1, -0.05) is 90.5 Å². The van der Waals surface area contributed by atoms with E-state index in [2.05, 4.69) is 10.0 Å². The predicted octanol–water partition coefficient (Wildman–Crippen LogP) is 5.09. The molecule has 2 N–H and O–H groups in total. The number of benzene rings is 4. The van der Waals surface area contributed by atoms with Crippen LogP contribution in [0.4, 0.5) is 8.78 Å². The Labute approximate surface area is 247 Å². The first kappa shape index (κ1) is 30.8. The highest BCUT2D eigenvalue weighted by atomic mass is 35.5. The van der Waals surface area contributed by atoms with Gasteiger partial charge in [-0.2, -0.15) is 0 Å². The largest absolute Gasteiger partial charge is 0.462 e. The Kier molecular flexibility index (Phi) is 10.4. The van der Waals surface area contributed by atoms with Crippen molar-refractivity contribution in [2.75, 3.05) is 6.61 Å². The molecule has 2 atom stereocenters. The number of ether oxygens (including phenoxy) is 1. The van der Waals surface area contributed by atoms with E-state index in [0.29, 0.717) is 23.3 Å². The van der Waals surface area contributed by atoms with E-state index in [9.17, 15) is 26.8 Å². The van der Waals surface area contributed by atoms with Crippen molar-refractivity contribution >= 4 is 33.5 Å². The van der Waals surface area contributed by atoms with E-state index >= 15 is 0 Å². The standard InChI is InChI=1S/C31H27ClF2N2O5S/c32-25-18-29(27(34)19-26(25)33)42(39,40)36-24(16-21-10-4-1-5-11-21)20-41-31(38)28(17-22-12-6-2-7-13-22)35-30(37)23-14-8-3-9-15-23/h1-15,18-19,24,28,36H,16-17,20H2,(H,35,37)/t24-,28-/m0/s1. The first-order valence-electron chi connectivity index (χ1n) is 12.9. The average Bonchev–Trinajstić information content (AvgIpc) is 2.98. The van der Waals surface area contributed by atoms with Crippen LogP contribution in [0.1, 0.15) is 21.5 Å². The monoisotopic (exact) mass is 612 g/mol. The molecule has 7 nitrogen and oxygen atoms in total. The summed E-state index contributed by atoms with van der Waals surface area (Å²) in [5.41, 5.74) is 1.81. The van der Waals surface area contributed by atoms with Gasteiger partial charge < -0.3 is 10.1 Å². The van der Waals surface area contributed by atoms with Crippen LogP contribution in [0.5, 0.6) is 0 Å². The smallest absolute Gasteiger partial charge is 0.329 e. The molecule has 0 fully saturated rings. The van der Waals surface area contributed by atoms with Gasteiger partial charge >= 0.3 is 5.97 Å². The van der Waals surface area contributed by atoms with Crippen molar-refractivity contribution < 1.29 is 31.5 Å². The minimum atomic E-state index is -4.56. The van der Waals surface area contributed by atoms with E-state index in [-0.39, 0.29) is 12.8 Å². The van der Waals surface area contributed by atoms with Gasteiger partial charge in [-0.15, -0.1) is 0 Å². The van der Waals surface area contributed by atoms with Crippen molar-refractivity contribution in [2.45, 2.75) is 29.8 Å². The van der Waals surface area contributed by atoms with Crippen molar-refractivity contribution in [3.05, 3.63) is 136 Å². The van der Waals surface area contributed by atoms with E-state index in [1.54, 1.807) is 84.9 Å². The number of halogens is 3. The van der Waals surface area contributed by atoms with Crippen LogP contribution in [0, 0.1) is 11.6 Å². The van der Waals surface area contributed by atoms with E-state index < -0.39 is 62.1 Å². The number of nitrogens with one attached hydrogen (secondary N) is 2. The number of esters is 1. The Bertz CT molecular complexity index is 1630. The Morgan fingerprint density at radius 3 is 1.93 bits per heavy atom. The predicted molar refractivity (Wildman–Crippen MR) is 154 cm³/mol. The maximum Gasteiger partial charge on any atom is 0.329 e. The summed E-state index contributed by atoms with van der Waals surface area (Å²) in [6.07, 6.45) is 0.191. The number of carbonyl (C=O) groups excluding carboxylic acids is 2. The van der Waals surface area contributed by atoms with Crippen molar-refractivity contribution in [3.8, 4) is 0 Å². The number of hydrogen-bond acceptors (Lipinski definition) is 5. The van der Waals surface area contributed by atoms with Gasteiger partial charge in [-0.25, -0.2) is 26.7 Å². The minimum Gasteiger partial charge on any atom is -0.462 e.